The Kier molecular flexibility index (Phi) is 4.11. The highest BCUT2D eigenvalue weighted by Gasteiger charge is 2.09. The minimum atomic E-state index is -0.435. The summed E-state index contributed by atoms with van der Waals surface area (Å²) in [6.45, 7) is 0. The zero-order valence-corrected chi connectivity index (χ0v) is 13.1. The maximum Gasteiger partial charge on any atom is 0.323 e. The number of amides is 2. The summed E-state index contributed by atoms with van der Waals surface area (Å²) in [5.41, 5.74) is 2.03. The van der Waals surface area contributed by atoms with Crippen LogP contribution in [0.5, 0.6) is 11.5 Å². The molecular weight excluding hydrogens is 312 g/mol. The molecule has 0 unspecified atom stereocenters. The van der Waals surface area contributed by atoms with Gasteiger partial charge in [-0.25, -0.2) is 9.59 Å². The van der Waals surface area contributed by atoms with E-state index in [-0.39, 0.29) is 5.69 Å². The molecule has 4 N–H and O–H groups in total. The molecule has 2 aromatic carbocycles. The number of benzene rings is 2. The van der Waals surface area contributed by atoms with Crippen molar-refractivity contribution in [2.45, 2.75) is 0 Å². The van der Waals surface area contributed by atoms with E-state index in [2.05, 4.69) is 20.6 Å². The molecule has 1 heterocycles. The third-order valence-corrected chi connectivity index (χ3v) is 3.43. The van der Waals surface area contributed by atoms with Gasteiger partial charge in [0, 0.05) is 11.8 Å². The fraction of sp³-hybridized carbons (Fsp3) is 0.125. The lowest BCUT2D eigenvalue weighted by molar-refractivity contribution is 0.262. The van der Waals surface area contributed by atoms with Gasteiger partial charge in [0.25, 0.3) is 0 Å². The van der Waals surface area contributed by atoms with Crippen LogP contribution < -0.4 is 25.8 Å². The molecule has 3 aromatic rings. The summed E-state index contributed by atoms with van der Waals surface area (Å²) in [6, 6.07) is 9.70. The lowest BCUT2D eigenvalue weighted by Gasteiger charge is -2.12. The average Bonchev–Trinajstić information content (AvgIpc) is 2.94. The van der Waals surface area contributed by atoms with E-state index in [9.17, 15) is 9.59 Å². The molecule has 1 aromatic heterocycles. The molecule has 0 radical (unpaired) electrons. The van der Waals surface area contributed by atoms with Gasteiger partial charge in [0.2, 0.25) is 0 Å². The Balaban J connectivity index is 1.75. The van der Waals surface area contributed by atoms with Gasteiger partial charge in [-0.1, -0.05) is 0 Å². The SMILES string of the molecule is COc1ccc(NC(=O)Nc2ccc3[nH]c(=O)[nH]c3c2)c(OC)c1. The number of nitrogens with one attached hydrogen (secondary N) is 4. The van der Waals surface area contributed by atoms with Crippen LogP contribution in [-0.2, 0) is 0 Å². The molecule has 2 amide bonds. The summed E-state index contributed by atoms with van der Waals surface area (Å²) in [7, 11) is 3.06. The monoisotopic (exact) mass is 328 g/mol. The van der Waals surface area contributed by atoms with Gasteiger partial charge in [-0.05, 0) is 30.3 Å². The Morgan fingerprint density at radius 3 is 2.50 bits per heavy atom. The number of aromatic amines is 2. The maximum atomic E-state index is 12.2. The summed E-state index contributed by atoms with van der Waals surface area (Å²) in [4.78, 5) is 28.7. The Hall–Kier alpha value is -3.42. The fourth-order valence-corrected chi connectivity index (χ4v) is 2.30. The zero-order valence-electron chi connectivity index (χ0n) is 13.1. The van der Waals surface area contributed by atoms with Gasteiger partial charge in [-0.3, -0.25) is 0 Å². The molecule has 0 saturated carbocycles. The van der Waals surface area contributed by atoms with Crippen LogP contribution in [0.2, 0.25) is 0 Å². The van der Waals surface area contributed by atoms with E-state index >= 15 is 0 Å². The van der Waals surface area contributed by atoms with Crippen molar-refractivity contribution in [3.63, 3.8) is 0 Å². The number of hydrogen-bond donors (Lipinski definition) is 4. The van der Waals surface area contributed by atoms with Crippen molar-refractivity contribution in [2.24, 2.45) is 0 Å². The summed E-state index contributed by atoms with van der Waals surface area (Å²) in [5, 5.41) is 5.40. The van der Waals surface area contributed by atoms with E-state index in [0.29, 0.717) is 33.9 Å². The molecule has 0 aliphatic rings. The molecule has 0 atom stereocenters. The van der Waals surface area contributed by atoms with Gasteiger partial charge in [0.1, 0.15) is 11.5 Å². The Labute approximate surface area is 136 Å². The van der Waals surface area contributed by atoms with Crippen molar-refractivity contribution in [3.05, 3.63) is 46.9 Å². The molecule has 0 fully saturated rings. The first-order valence-electron chi connectivity index (χ1n) is 7.11. The molecule has 24 heavy (non-hydrogen) atoms. The van der Waals surface area contributed by atoms with Gasteiger partial charge in [-0.15, -0.1) is 0 Å². The number of methoxy groups -OCH3 is 2. The number of fused-ring (bicyclic) bond motifs is 1. The summed E-state index contributed by atoms with van der Waals surface area (Å²) in [5.74, 6) is 1.11. The predicted molar refractivity (Wildman–Crippen MR) is 91.1 cm³/mol. The highest BCUT2D eigenvalue weighted by atomic mass is 16.5. The minimum Gasteiger partial charge on any atom is -0.497 e. The lowest BCUT2D eigenvalue weighted by Crippen LogP contribution is -2.19. The molecule has 0 aliphatic carbocycles. The van der Waals surface area contributed by atoms with Crippen LogP contribution >= 0.6 is 0 Å². The molecule has 124 valence electrons. The summed E-state index contributed by atoms with van der Waals surface area (Å²) < 4.78 is 10.3. The molecule has 0 saturated heterocycles. The first-order chi connectivity index (χ1) is 11.6. The van der Waals surface area contributed by atoms with Crippen LogP contribution in [0.15, 0.2) is 41.2 Å². The third kappa shape index (κ3) is 3.17. The van der Waals surface area contributed by atoms with Crippen molar-refractivity contribution in [2.75, 3.05) is 24.9 Å². The Morgan fingerprint density at radius 2 is 1.75 bits per heavy atom. The third-order valence-electron chi connectivity index (χ3n) is 3.43. The molecule has 0 spiro atoms. The number of carbonyl (C=O) groups is 1. The first-order valence-corrected chi connectivity index (χ1v) is 7.11. The number of rotatable bonds is 4. The van der Waals surface area contributed by atoms with Crippen LogP contribution in [0.3, 0.4) is 0 Å². The number of H-pyrrole nitrogens is 2. The second kappa shape index (κ2) is 6.37. The van der Waals surface area contributed by atoms with Crippen LogP contribution in [-0.4, -0.2) is 30.2 Å². The summed E-state index contributed by atoms with van der Waals surface area (Å²) in [6.07, 6.45) is 0. The molecular formula is C16H16N4O4. The number of ether oxygens (including phenoxy) is 2. The van der Waals surface area contributed by atoms with Crippen LogP contribution in [0, 0.1) is 0 Å². The van der Waals surface area contributed by atoms with Gasteiger partial charge >= 0.3 is 11.7 Å². The van der Waals surface area contributed by atoms with Crippen LogP contribution in [0.4, 0.5) is 16.2 Å². The van der Waals surface area contributed by atoms with Gasteiger partial charge in [0.15, 0.2) is 0 Å². The van der Waals surface area contributed by atoms with E-state index in [1.165, 1.54) is 7.11 Å². The minimum absolute atomic E-state index is 0.297. The zero-order chi connectivity index (χ0) is 17.1. The van der Waals surface area contributed by atoms with E-state index in [1.54, 1.807) is 43.5 Å². The number of carbonyl (C=O) groups excluding carboxylic acids is 1. The maximum absolute atomic E-state index is 12.2. The highest BCUT2D eigenvalue weighted by Crippen LogP contribution is 2.29. The average molecular weight is 328 g/mol. The normalized spacial score (nSPS) is 10.4. The second-order valence-corrected chi connectivity index (χ2v) is 4.98. The van der Waals surface area contributed by atoms with Gasteiger partial charge in [0.05, 0.1) is 30.9 Å². The number of hydrogen-bond acceptors (Lipinski definition) is 4. The molecule has 0 aliphatic heterocycles. The number of imidazole rings is 1. The van der Waals surface area contributed by atoms with Crippen molar-refractivity contribution in [1.82, 2.24) is 9.97 Å². The van der Waals surface area contributed by atoms with E-state index in [4.69, 9.17) is 9.47 Å². The van der Waals surface area contributed by atoms with Gasteiger partial charge < -0.3 is 30.1 Å². The molecule has 8 heteroatoms. The smallest absolute Gasteiger partial charge is 0.323 e. The van der Waals surface area contributed by atoms with Crippen LogP contribution in [0.25, 0.3) is 11.0 Å². The Morgan fingerprint density at radius 1 is 0.958 bits per heavy atom. The van der Waals surface area contributed by atoms with Crippen molar-refractivity contribution in [1.29, 1.82) is 0 Å². The standard InChI is InChI=1S/C16H16N4O4/c1-23-10-4-6-12(14(8-10)24-2)19-15(21)17-9-3-5-11-13(7-9)20-16(22)18-11/h3-8H,1-2H3,(H2,17,19,21)(H2,18,20,22). The van der Waals surface area contributed by atoms with E-state index in [0.717, 1.165) is 0 Å². The van der Waals surface area contributed by atoms with Crippen molar-refractivity contribution >= 4 is 28.4 Å². The number of anilines is 2. The lowest BCUT2D eigenvalue weighted by atomic mass is 10.2. The topological polar surface area (TPSA) is 108 Å². The molecule has 8 nitrogen and oxygen atoms in total. The first kappa shape index (κ1) is 15.5. The largest absolute Gasteiger partial charge is 0.497 e. The quantitative estimate of drug-likeness (QED) is 0.590. The molecule has 0 bridgehead atoms. The van der Waals surface area contributed by atoms with Crippen molar-refractivity contribution in [3.8, 4) is 11.5 Å². The number of urea groups is 1. The van der Waals surface area contributed by atoms with E-state index < -0.39 is 6.03 Å². The van der Waals surface area contributed by atoms with E-state index in [1.807, 2.05) is 0 Å². The second-order valence-electron chi connectivity index (χ2n) is 4.98. The molecule has 3 rings (SSSR count). The van der Waals surface area contributed by atoms with Crippen LogP contribution in [0.1, 0.15) is 0 Å². The Bertz CT molecular complexity index is 945. The van der Waals surface area contributed by atoms with Gasteiger partial charge in [-0.2, -0.15) is 0 Å². The highest BCUT2D eigenvalue weighted by molar-refractivity contribution is 6.01. The number of aromatic nitrogens is 2. The summed E-state index contributed by atoms with van der Waals surface area (Å²) >= 11 is 0. The predicted octanol–water partition coefficient (Wildman–Crippen LogP) is 2.52. The fourth-order valence-electron chi connectivity index (χ4n) is 2.30. The van der Waals surface area contributed by atoms with Crippen molar-refractivity contribution < 1.29 is 14.3 Å².